The number of benzene rings is 1. The van der Waals surface area contributed by atoms with Gasteiger partial charge < -0.3 is 14.5 Å². The fraction of sp³-hybridized carbons (Fsp3) is 0.333. The van der Waals surface area contributed by atoms with Crippen molar-refractivity contribution in [3.63, 3.8) is 0 Å². The van der Waals surface area contributed by atoms with Crippen molar-refractivity contribution in [2.45, 2.75) is 13.0 Å². The Kier molecular flexibility index (Phi) is 5.85. The molecule has 28 heavy (non-hydrogen) atoms. The van der Waals surface area contributed by atoms with Gasteiger partial charge in [0.15, 0.2) is 5.69 Å². The van der Waals surface area contributed by atoms with Crippen molar-refractivity contribution in [1.82, 2.24) is 15.2 Å². The van der Waals surface area contributed by atoms with Gasteiger partial charge in [-0.2, -0.15) is 0 Å². The summed E-state index contributed by atoms with van der Waals surface area (Å²) in [7, 11) is 0. The first kappa shape index (κ1) is 18.9. The zero-order chi connectivity index (χ0) is 19.3. The summed E-state index contributed by atoms with van der Waals surface area (Å²) in [5.74, 6) is 0.778. The highest BCUT2D eigenvalue weighted by Gasteiger charge is 2.25. The Hall–Kier alpha value is -2.48. The lowest BCUT2D eigenvalue weighted by atomic mass is 10.2. The summed E-state index contributed by atoms with van der Waals surface area (Å²) in [5, 5.41) is 5.12. The van der Waals surface area contributed by atoms with Gasteiger partial charge in [-0.15, -0.1) is 11.3 Å². The van der Waals surface area contributed by atoms with Crippen molar-refractivity contribution in [2.24, 2.45) is 0 Å². The number of amides is 1. The minimum atomic E-state index is -0.210. The SMILES string of the molecule is Cc1oc(-c2ccccc2)nc1C(=O)NC[C@@H](c1cccs1)N1CCOCC1. The number of rotatable bonds is 6. The van der Waals surface area contributed by atoms with Gasteiger partial charge in [-0.3, -0.25) is 9.69 Å². The smallest absolute Gasteiger partial charge is 0.273 e. The van der Waals surface area contributed by atoms with Crippen LogP contribution in [0.4, 0.5) is 0 Å². The molecule has 1 atom stereocenters. The predicted octanol–water partition coefficient (Wildman–Crippen LogP) is 3.51. The number of aromatic nitrogens is 1. The molecule has 7 heteroatoms. The number of ether oxygens (including phenoxy) is 1. The number of nitrogens with one attached hydrogen (secondary N) is 1. The van der Waals surface area contributed by atoms with Gasteiger partial charge in [-0.25, -0.2) is 4.98 Å². The van der Waals surface area contributed by atoms with E-state index in [0.29, 0.717) is 23.9 Å². The molecule has 0 saturated carbocycles. The summed E-state index contributed by atoms with van der Waals surface area (Å²) < 4.78 is 11.2. The predicted molar refractivity (Wildman–Crippen MR) is 108 cm³/mol. The van der Waals surface area contributed by atoms with Crippen LogP contribution < -0.4 is 5.32 Å². The van der Waals surface area contributed by atoms with E-state index in [0.717, 1.165) is 31.9 Å². The van der Waals surface area contributed by atoms with Gasteiger partial charge in [0.2, 0.25) is 5.89 Å². The van der Waals surface area contributed by atoms with Crippen LogP contribution in [0.5, 0.6) is 0 Å². The molecule has 6 nitrogen and oxygen atoms in total. The van der Waals surface area contributed by atoms with E-state index in [4.69, 9.17) is 9.15 Å². The van der Waals surface area contributed by atoms with Gasteiger partial charge in [0, 0.05) is 30.1 Å². The van der Waals surface area contributed by atoms with Crippen LogP contribution in [0.25, 0.3) is 11.5 Å². The van der Waals surface area contributed by atoms with E-state index in [-0.39, 0.29) is 11.9 Å². The molecule has 1 aromatic carbocycles. The van der Waals surface area contributed by atoms with E-state index in [9.17, 15) is 4.79 Å². The summed E-state index contributed by atoms with van der Waals surface area (Å²) in [4.78, 5) is 20.8. The first-order chi connectivity index (χ1) is 13.7. The van der Waals surface area contributed by atoms with E-state index < -0.39 is 0 Å². The summed E-state index contributed by atoms with van der Waals surface area (Å²) in [6.45, 7) is 5.45. The van der Waals surface area contributed by atoms with E-state index >= 15 is 0 Å². The molecule has 0 radical (unpaired) electrons. The third-order valence-electron chi connectivity index (χ3n) is 4.85. The Morgan fingerprint density at radius 1 is 1.21 bits per heavy atom. The molecule has 2 aromatic heterocycles. The standard InChI is InChI=1S/C21H23N3O3S/c1-15-19(23-21(27-15)16-6-3-2-4-7-16)20(25)22-14-17(18-8-5-13-28-18)24-9-11-26-12-10-24/h2-8,13,17H,9-12,14H2,1H3,(H,22,25)/t17-/m0/s1. The molecule has 4 rings (SSSR count). The second-order valence-corrected chi connectivity index (χ2v) is 7.66. The van der Waals surface area contributed by atoms with Crippen LogP contribution in [0.2, 0.25) is 0 Å². The van der Waals surface area contributed by atoms with Crippen LogP contribution in [0.15, 0.2) is 52.3 Å². The Balaban J connectivity index is 1.47. The zero-order valence-electron chi connectivity index (χ0n) is 15.8. The highest BCUT2D eigenvalue weighted by molar-refractivity contribution is 7.10. The van der Waals surface area contributed by atoms with Crippen LogP contribution in [0, 0.1) is 6.92 Å². The highest BCUT2D eigenvalue weighted by atomic mass is 32.1. The normalized spacial score (nSPS) is 16.0. The second-order valence-electron chi connectivity index (χ2n) is 6.68. The topological polar surface area (TPSA) is 67.6 Å². The Labute approximate surface area is 168 Å². The molecule has 1 aliphatic heterocycles. The minimum absolute atomic E-state index is 0.133. The molecular formula is C21H23N3O3S. The van der Waals surface area contributed by atoms with Crippen LogP contribution in [0.1, 0.15) is 27.2 Å². The maximum absolute atomic E-state index is 12.8. The van der Waals surface area contributed by atoms with Crippen molar-refractivity contribution in [3.8, 4) is 11.5 Å². The number of carbonyl (C=O) groups is 1. The van der Waals surface area contributed by atoms with Gasteiger partial charge >= 0.3 is 0 Å². The van der Waals surface area contributed by atoms with E-state index in [1.54, 1.807) is 18.3 Å². The van der Waals surface area contributed by atoms with Crippen LogP contribution >= 0.6 is 11.3 Å². The van der Waals surface area contributed by atoms with E-state index in [1.165, 1.54) is 4.88 Å². The summed E-state index contributed by atoms with van der Waals surface area (Å²) in [6.07, 6.45) is 0. The first-order valence-electron chi connectivity index (χ1n) is 9.38. The number of nitrogens with zero attached hydrogens (tertiary/aromatic N) is 2. The number of hydrogen-bond acceptors (Lipinski definition) is 6. The molecule has 146 valence electrons. The fourth-order valence-corrected chi connectivity index (χ4v) is 4.22. The number of morpholine rings is 1. The van der Waals surface area contributed by atoms with Gasteiger partial charge in [-0.1, -0.05) is 24.3 Å². The molecule has 0 bridgehead atoms. The third-order valence-corrected chi connectivity index (χ3v) is 5.82. The third kappa shape index (κ3) is 4.16. The van der Waals surface area contributed by atoms with Crippen molar-refractivity contribution in [3.05, 3.63) is 64.2 Å². The lowest BCUT2D eigenvalue weighted by Gasteiger charge is -2.34. The van der Waals surface area contributed by atoms with Crippen molar-refractivity contribution < 1.29 is 13.9 Å². The van der Waals surface area contributed by atoms with Gasteiger partial charge in [0.05, 0.1) is 19.3 Å². The van der Waals surface area contributed by atoms with Gasteiger partial charge in [0.1, 0.15) is 5.76 Å². The van der Waals surface area contributed by atoms with Crippen LogP contribution in [-0.4, -0.2) is 48.6 Å². The number of hydrogen-bond donors (Lipinski definition) is 1. The minimum Gasteiger partial charge on any atom is -0.441 e. The molecule has 1 fully saturated rings. The number of oxazole rings is 1. The maximum atomic E-state index is 12.8. The Morgan fingerprint density at radius 2 is 2.00 bits per heavy atom. The molecule has 1 saturated heterocycles. The summed E-state index contributed by atoms with van der Waals surface area (Å²) in [6, 6.07) is 13.9. The lowest BCUT2D eigenvalue weighted by Crippen LogP contribution is -2.43. The monoisotopic (exact) mass is 397 g/mol. The quantitative estimate of drug-likeness (QED) is 0.689. The van der Waals surface area contributed by atoms with Gasteiger partial charge in [-0.05, 0) is 30.5 Å². The Bertz CT molecular complexity index is 902. The maximum Gasteiger partial charge on any atom is 0.273 e. The molecule has 1 aliphatic rings. The largest absolute Gasteiger partial charge is 0.441 e. The van der Waals surface area contributed by atoms with E-state index in [2.05, 4.69) is 26.6 Å². The molecule has 1 amide bonds. The molecular weight excluding hydrogens is 374 g/mol. The molecule has 3 heterocycles. The van der Waals surface area contributed by atoms with Crippen molar-refractivity contribution in [1.29, 1.82) is 0 Å². The molecule has 0 unspecified atom stereocenters. The first-order valence-corrected chi connectivity index (χ1v) is 10.3. The number of aryl methyl sites for hydroxylation is 1. The zero-order valence-corrected chi connectivity index (χ0v) is 16.6. The second kappa shape index (κ2) is 8.68. The fourth-order valence-electron chi connectivity index (χ4n) is 3.36. The summed E-state index contributed by atoms with van der Waals surface area (Å²) >= 11 is 1.71. The lowest BCUT2D eigenvalue weighted by molar-refractivity contribution is 0.0169. The average molecular weight is 398 g/mol. The molecule has 0 aliphatic carbocycles. The average Bonchev–Trinajstić information content (AvgIpc) is 3.40. The number of thiophene rings is 1. The highest BCUT2D eigenvalue weighted by Crippen LogP contribution is 2.26. The van der Waals surface area contributed by atoms with Crippen LogP contribution in [-0.2, 0) is 4.74 Å². The molecule has 1 N–H and O–H groups in total. The summed E-state index contributed by atoms with van der Waals surface area (Å²) in [5.41, 5.74) is 1.19. The Morgan fingerprint density at radius 3 is 2.71 bits per heavy atom. The van der Waals surface area contributed by atoms with Crippen LogP contribution in [0.3, 0.4) is 0 Å². The van der Waals surface area contributed by atoms with Gasteiger partial charge in [0.25, 0.3) is 5.91 Å². The molecule has 0 spiro atoms. The number of carbonyl (C=O) groups excluding carboxylic acids is 1. The van der Waals surface area contributed by atoms with E-state index in [1.807, 2.05) is 36.4 Å². The van der Waals surface area contributed by atoms with Crippen molar-refractivity contribution >= 4 is 17.2 Å². The van der Waals surface area contributed by atoms with Crippen molar-refractivity contribution in [2.75, 3.05) is 32.8 Å². The molecule has 3 aromatic rings.